The van der Waals surface area contributed by atoms with E-state index in [1.54, 1.807) is 6.92 Å². The Morgan fingerprint density at radius 3 is 2.79 bits per heavy atom. The lowest BCUT2D eigenvalue weighted by Gasteiger charge is -2.15. The molecule has 2 N–H and O–H groups in total. The maximum absolute atomic E-state index is 11.8. The first-order valence-electron chi connectivity index (χ1n) is 5.61. The van der Waals surface area contributed by atoms with E-state index < -0.39 is 16.7 Å². The van der Waals surface area contributed by atoms with Crippen LogP contribution in [0.15, 0.2) is 12.3 Å². The van der Waals surface area contributed by atoms with Gasteiger partial charge in [-0.1, -0.05) is 0 Å². The van der Waals surface area contributed by atoms with Crippen LogP contribution in [0.2, 0.25) is 0 Å². The van der Waals surface area contributed by atoms with E-state index >= 15 is 0 Å². The van der Waals surface area contributed by atoms with Crippen molar-refractivity contribution < 1.29 is 14.5 Å². The van der Waals surface area contributed by atoms with Gasteiger partial charge in [0.15, 0.2) is 0 Å². The molecule has 2 amide bonds. The number of nitrogens with zero attached hydrogens (tertiary/aromatic N) is 3. The van der Waals surface area contributed by atoms with Crippen LogP contribution in [0.1, 0.15) is 12.0 Å². The van der Waals surface area contributed by atoms with Gasteiger partial charge >= 0.3 is 0 Å². The molecule has 1 fully saturated rings. The van der Waals surface area contributed by atoms with Gasteiger partial charge in [0.2, 0.25) is 11.8 Å². The normalized spacial score (nSPS) is 18.7. The van der Waals surface area contributed by atoms with Crippen molar-refractivity contribution in [1.29, 1.82) is 0 Å². The van der Waals surface area contributed by atoms with Crippen molar-refractivity contribution in [3.63, 3.8) is 0 Å². The molecule has 1 unspecified atom stereocenters. The van der Waals surface area contributed by atoms with Crippen LogP contribution in [-0.2, 0) is 9.59 Å². The Kier molecular flexibility index (Phi) is 3.16. The Hall–Kier alpha value is -2.51. The standard InChI is InChI=1S/C11H12N4O4/c1-6-2-9(13-4-8(6)15(18)19)14-5-7(11(12)17)3-10(14)16/h2,4,7H,3,5H2,1H3,(H2,12,17). The number of aryl methyl sites for hydroxylation is 1. The molecule has 2 rings (SSSR count). The van der Waals surface area contributed by atoms with E-state index in [2.05, 4.69) is 4.98 Å². The summed E-state index contributed by atoms with van der Waals surface area (Å²) in [5.41, 5.74) is 5.46. The molecule has 1 atom stereocenters. The van der Waals surface area contributed by atoms with Gasteiger partial charge in [-0.25, -0.2) is 4.98 Å². The number of carbonyl (C=O) groups is 2. The van der Waals surface area contributed by atoms with Crippen molar-refractivity contribution >= 4 is 23.3 Å². The topological polar surface area (TPSA) is 119 Å². The zero-order chi connectivity index (χ0) is 14.2. The molecule has 1 aliphatic heterocycles. The summed E-state index contributed by atoms with van der Waals surface area (Å²) in [5.74, 6) is -1.03. The quantitative estimate of drug-likeness (QED) is 0.614. The first-order valence-corrected chi connectivity index (χ1v) is 5.61. The number of primary amides is 1. The van der Waals surface area contributed by atoms with Crippen LogP contribution < -0.4 is 10.6 Å². The van der Waals surface area contributed by atoms with Crippen molar-refractivity contribution in [3.05, 3.63) is 27.9 Å². The van der Waals surface area contributed by atoms with Gasteiger partial charge in [-0.15, -0.1) is 0 Å². The minimum atomic E-state index is -0.538. The number of nitro groups is 1. The second kappa shape index (κ2) is 4.63. The van der Waals surface area contributed by atoms with Crippen LogP contribution >= 0.6 is 0 Å². The van der Waals surface area contributed by atoms with Gasteiger partial charge < -0.3 is 5.73 Å². The van der Waals surface area contributed by atoms with Crippen molar-refractivity contribution in [3.8, 4) is 0 Å². The zero-order valence-electron chi connectivity index (χ0n) is 10.2. The Morgan fingerprint density at radius 1 is 1.63 bits per heavy atom. The van der Waals surface area contributed by atoms with E-state index in [9.17, 15) is 19.7 Å². The van der Waals surface area contributed by atoms with Gasteiger partial charge in [-0.3, -0.25) is 24.6 Å². The Bertz CT molecular complexity index is 572. The van der Waals surface area contributed by atoms with E-state index in [1.807, 2.05) is 0 Å². The first-order chi connectivity index (χ1) is 8.90. The summed E-state index contributed by atoms with van der Waals surface area (Å²) >= 11 is 0. The monoisotopic (exact) mass is 264 g/mol. The van der Waals surface area contributed by atoms with E-state index in [0.717, 1.165) is 6.20 Å². The van der Waals surface area contributed by atoms with Gasteiger partial charge in [0.1, 0.15) is 12.0 Å². The molecule has 8 heteroatoms. The second-order valence-electron chi connectivity index (χ2n) is 4.39. The van der Waals surface area contributed by atoms with Crippen molar-refractivity contribution in [2.75, 3.05) is 11.4 Å². The van der Waals surface area contributed by atoms with E-state index in [1.165, 1.54) is 11.0 Å². The fourth-order valence-corrected chi connectivity index (χ4v) is 1.99. The number of amides is 2. The molecule has 0 spiro atoms. The highest BCUT2D eigenvalue weighted by Gasteiger charge is 2.34. The minimum Gasteiger partial charge on any atom is -0.369 e. The highest BCUT2D eigenvalue weighted by Crippen LogP contribution is 2.26. The summed E-state index contributed by atoms with van der Waals surface area (Å²) in [5, 5.41) is 10.7. The number of hydrogen-bond acceptors (Lipinski definition) is 5. The number of nitrogens with two attached hydrogens (primary N) is 1. The van der Waals surface area contributed by atoms with Gasteiger partial charge in [0.05, 0.1) is 10.8 Å². The molecule has 1 saturated heterocycles. The minimum absolute atomic E-state index is 0.0487. The predicted molar refractivity (Wildman–Crippen MR) is 65.3 cm³/mol. The van der Waals surface area contributed by atoms with E-state index in [0.29, 0.717) is 11.4 Å². The number of anilines is 1. The van der Waals surface area contributed by atoms with E-state index in [-0.39, 0.29) is 24.6 Å². The second-order valence-corrected chi connectivity index (χ2v) is 4.39. The van der Waals surface area contributed by atoms with Crippen molar-refractivity contribution in [1.82, 2.24) is 4.98 Å². The Morgan fingerprint density at radius 2 is 2.32 bits per heavy atom. The average molecular weight is 264 g/mol. The predicted octanol–water partition coefficient (Wildman–Crippen LogP) is 0.136. The van der Waals surface area contributed by atoms with Gasteiger partial charge in [0.25, 0.3) is 5.69 Å². The number of carbonyl (C=O) groups excluding carboxylic acids is 2. The molecule has 0 aliphatic carbocycles. The molecule has 8 nitrogen and oxygen atoms in total. The van der Waals surface area contributed by atoms with Crippen LogP contribution in [0.3, 0.4) is 0 Å². The number of rotatable bonds is 3. The summed E-state index contributed by atoms with van der Waals surface area (Å²) < 4.78 is 0. The lowest BCUT2D eigenvalue weighted by Crippen LogP contribution is -2.29. The molecule has 0 aromatic carbocycles. The fourth-order valence-electron chi connectivity index (χ4n) is 1.99. The average Bonchev–Trinajstić information content (AvgIpc) is 2.71. The lowest BCUT2D eigenvalue weighted by molar-refractivity contribution is -0.385. The Labute approximate surface area is 108 Å². The molecule has 1 aromatic rings. The fraction of sp³-hybridized carbons (Fsp3) is 0.364. The summed E-state index contributed by atoms with van der Waals surface area (Å²) in [6.07, 6.45) is 1.16. The third kappa shape index (κ3) is 2.37. The summed E-state index contributed by atoms with van der Waals surface area (Å²) in [7, 11) is 0. The zero-order valence-corrected chi connectivity index (χ0v) is 10.2. The highest BCUT2D eigenvalue weighted by atomic mass is 16.6. The van der Waals surface area contributed by atoms with Gasteiger partial charge in [-0.05, 0) is 13.0 Å². The first kappa shape index (κ1) is 12.9. The molecule has 2 heterocycles. The van der Waals surface area contributed by atoms with Crippen LogP contribution in [0.4, 0.5) is 11.5 Å². The molecule has 1 aromatic heterocycles. The highest BCUT2D eigenvalue weighted by molar-refractivity contribution is 5.99. The molecule has 1 aliphatic rings. The largest absolute Gasteiger partial charge is 0.369 e. The third-order valence-electron chi connectivity index (χ3n) is 3.07. The SMILES string of the molecule is Cc1cc(N2CC(C(N)=O)CC2=O)ncc1[N+](=O)[O-]. The summed E-state index contributed by atoms with van der Waals surface area (Å²) in [6.45, 7) is 1.73. The molecule has 0 saturated carbocycles. The molecule has 100 valence electrons. The molecule has 0 radical (unpaired) electrons. The summed E-state index contributed by atoms with van der Waals surface area (Å²) in [4.78, 5) is 38.2. The van der Waals surface area contributed by atoms with Crippen molar-refractivity contribution in [2.24, 2.45) is 11.7 Å². The smallest absolute Gasteiger partial charge is 0.290 e. The molecular weight excluding hydrogens is 252 g/mol. The van der Waals surface area contributed by atoms with Crippen LogP contribution in [0.5, 0.6) is 0 Å². The maximum Gasteiger partial charge on any atom is 0.290 e. The summed E-state index contributed by atoms with van der Waals surface area (Å²) in [6, 6.07) is 1.46. The van der Waals surface area contributed by atoms with Gasteiger partial charge in [-0.2, -0.15) is 0 Å². The van der Waals surface area contributed by atoms with Crippen LogP contribution in [0.25, 0.3) is 0 Å². The number of pyridine rings is 1. The maximum atomic E-state index is 11.8. The lowest BCUT2D eigenvalue weighted by atomic mass is 10.1. The van der Waals surface area contributed by atoms with E-state index in [4.69, 9.17) is 5.73 Å². The van der Waals surface area contributed by atoms with Crippen LogP contribution in [-0.4, -0.2) is 28.3 Å². The number of hydrogen-bond donors (Lipinski definition) is 1. The van der Waals surface area contributed by atoms with Crippen LogP contribution in [0, 0.1) is 23.0 Å². The molecule has 19 heavy (non-hydrogen) atoms. The van der Waals surface area contributed by atoms with Crippen molar-refractivity contribution in [2.45, 2.75) is 13.3 Å². The Balaban J connectivity index is 2.28. The van der Waals surface area contributed by atoms with Gasteiger partial charge in [0, 0.05) is 18.5 Å². The molecular formula is C11H12N4O4. The number of aromatic nitrogens is 1. The third-order valence-corrected chi connectivity index (χ3v) is 3.07. The molecule has 0 bridgehead atoms.